The highest BCUT2D eigenvalue weighted by Crippen LogP contribution is 2.14. The van der Waals surface area contributed by atoms with E-state index in [-0.39, 0.29) is 13.0 Å². The van der Waals surface area contributed by atoms with Crippen LogP contribution in [0.2, 0.25) is 0 Å². The number of aliphatic hydroxyl groups excluding tert-OH is 1. The Kier molecular flexibility index (Phi) is 10.8. The van der Waals surface area contributed by atoms with E-state index in [1.807, 2.05) is 32.1 Å². The third-order valence-electron chi connectivity index (χ3n) is 4.22. The van der Waals surface area contributed by atoms with E-state index in [0.29, 0.717) is 36.0 Å². The van der Waals surface area contributed by atoms with Crippen LogP contribution in [0.3, 0.4) is 0 Å². The standard InChI is InChI=1S/C22H34N4O2/c1-5-8-12-28-22-15-21(19(23)14-20(22)24)25-16-17(4)13-18(9-6-2)26(7-3)10-11-27/h6,9,13,15-16,23-24,27H,5,7-8,10-12,14H2,1-4H3/b9-6?,17-16+,18-13+,23-19?,24-20?,25-21?. The number of nitrogens with one attached hydrogen (secondary N) is 2. The van der Waals surface area contributed by atoms with E-state index in [1.165, 1.54) is 0 Å². The Bertz CT molecular complexity index is 699. The van der Waals surface area contributed by atoms with Crippen LogP contribution in [0.4, 0.5) is 0 Å². The van der Waals surface area contributed by atoms with Gasteiger partial charge in [0.25, 0.3) is 0 Å². The third-order valence-corrected chi connectivity index (χ3v) is 4.22. The first-order valence-electron chi connectivity index (χ1n) is 9.91. The summed E-state index contributed by atoms with van der Waals surface area (Å²) in [5.74, 6) is 0.513. The van der Waals surface area contributed by atoms with Crippen LogP contribution >= 0.6 is 0 Å². The number of allylic oxidation sites excluding steroid dienone is 6. The minimum absolute atomic E-state index is 0.0997. The molecule has 0 unspecified atom stereocenters. The molecular weight excluding hydrogens is 352 g/mol. The summed E-state index contributed by atoms with van der Waals surface area (Å²) in [7, 11) is 0. The number of likely N-dealkylation sites (N-methyl/N-ethyl adjacent to an activating group) is 1. The van der Waals surface area contributed by atoms with Crippen molar-refractivity contribution in [2.24, 2.45) is 4.99 Å². The van der Waals surface area contributed by atoms with Crippen molar-refractivity contribution in [1.82, 2.24) is 4.90 Å². The summed E-state index contributed by atoms with van der Waals surface area (Å²) in [6, 6.07) is 0. The molecule has 6 heteroatoms. The van der Waals surface area contributed by atoms with E-state index < -0.39 is 0 Å². The Morgan fingerprint density at radius 1 is 1.32 bits per heavy atom. The van der Waals surface area contributed by atoms with E-state index >= 15 is 0 Å². The van der Waals surface area contributed by atoms with E-state index in [4.69, 9.17) is 15.6 Å². The number of ether oxygens (including phenoxy) is 1. The van der Waals surface area contributed by atoms with E-state index in [0.717, 1.165) is 30.7 Å². The fraction of sp³-hybridized carbons (Fsp3) is 0.500. The lowest BCUT2D eigenvalue weighted by molar-refractivity contribution is 0.225. The van der Waals surface area contributed by atoms with E-state index in [9.17, 15) is 5.11 Å². The first-order chi connectivity index (χ1) is 13.5. The highest BCUT2D eigenvalue weighted by molar-refractivity contribution is 6.51. The molecule has 0 aromatic carbocycles. The van der Waals surface area contributed by atoms with Gasteiger partial charge in [-0.3, -0.25) is 4.99 Å². The Hall–Kier alpha value is -2.47. The van der Waals surface area contributed by atoms with Crippen LogP contribution < -0.4 is 0 Å². The average molecular weight is 387 g/mol. The van der Waals surface area contributed by atoms with Gasteiger partial charge in [-0.2, -0.15) is 0 Å². The van der Waals surface area contributed by atoms with Crippen molar-refractivity contribution in [3.05, 3.63) is 47.5 Å². The van der Waals surface area contributed by atoms with Crippen molar-refractivity contribution in [3.8, 4) is 0 Å². The number of aliphatic hydroxyl groups is 1. The molecule has 0 bridgehead atoms. The number of hydrogen-bond acceptors (Lipinski definition) is 6. The van der Waals surface area contributed by atoms with Gasteiger partial charge in [0.05, 0.1) is 30.3 Å². The summed E-state index contributed by atoms with van der Waals surface area (Å²) in [6.07, 6.45) is 11.6. The molecule has 154 valence electrons. The first-order valence-corrected chi connectivity index (χ1v) is 9.91. The number of aliphatic imine (C=N–C) groups is 1. The summed E-state index contributed by atoms with van der Waals surface area (Å²) in [6.45, 7) is 10.1. The molecule has 0 saturated heterocycles. The van der Waals surface area contributed by atoms with Crippen LogP contribution in [0.25, 0.3) is 0 Å². The van der Waals surface area contributed by atoms with Crippen LogP contribution in [0.15, 0.2) is 52.5 Å². The molecule has 0 aliphatic heterocycles. The molecule has 0 amide bonds. The summed E-state index contributed by atoms with van der Waals surface area (Å²) < 4.78 is 5.68. The molecular formula is C22H34N4O2. The molecule has 0 atom stereocenters. The molecule has 0 aromatic rings. The molecule has 0 aromatic heterocycles. The second-order valence-corrected chi connectivity index (χ2v) is 6.60. The molecule has 1 aliphatic rings. The number of hydrogen-bond donors (Lipinski definition) is 3. The maximum Gasteiger partial charge on any atom is 0.142 e. The van der Waals surface area contributed by atoms with Crippen LogP contribution in [-0.2, 0) is 4.74 Å². The molecule has 0 fully saturated rings. The highest BCUT2D eigenvalue weighted by atomic mass is 16.5. The normalized spacial score (nSPS) is 17.5. The minimum atomic E-state index is 0.0997. The summed E-state index contributed by atoms with van der Waals surface area (Å²) in [4.78, 5) is 6.55. The maximum atomic E-state index is 9.26. The van der Waals surface area contributed by atoms with E-state index in [2.05, 4.69) is 23.7 Å². The Morgan fingerprint density at radius 3 is 2.68 bits per heavy atom. The Balaban J connectivity index is 3.06. The van der Waals surface area contributed by atoms with Crippen LogP contribution in [0, 0.1) is 10.8 Å². The van der Waals surface area contributed by atoms with Crippen LogP contribution in [-0.4, -0.2) is 53.4 Å². The fourth-order valence-corrected chi connectivity index (χ4v) is 2.67. The van der Waals surface area contributed by atoms with E-state index in [1.54, 1.807) is 12.3 Å². The smallest absolute Gasteiger partial charge is 0.142 e. The quantitative estimate of drug-likeness (QED) is 0.366. The predicted molar refractivity (Wildman–Crippen MR) is 117 cm³/mol. The van der Waals surface area contributed by atoms with Gasteiger partial charge < -0.3 is 25.6 Å². The van der Waals surface area contributed by atoms with Gasteiger partial charge >= 0.3 is 0 Å². The second kappa shape index (κ2) is 12.8. The molecule has 1 rings (SSSR count). The second-order valence-electron chi connectivity index (χ2n) is 6.60. The van der Waals surface area contributed by atoms with Crippen molar-refractivity contribution in [2.45, 2.75) is 47.0 Å². The fourth-order valence-electron chi connectivity index (χ4n) is 2.67. The van der Waals surface area contributed by atoms with Crippen LogP contribution in [0.5, 0.6) is 0 Å². The molecule has 0 saturated carbocycles. The van der Waals surface area contributed by atoms with Gasteiger partial charge in [0.15, 0.2) is 0 Å². The SMILES string of the molecule is CC=C/C(=C\C(C)=C\N=C1C=C(OCCCC)C(=N)CC1=N)N(CC)CCO. The molecule has 28 heavy (non-hydrogen) atoms. The topological polar surface area (TPSA) is 92.8 Å². The zero-order valence-corrected chi connectivity index (χ0v) is 17.6. The molecule has 0 heterocycles. The van der Waals surface area contributed by atoms with Crippen molar-refractivity contribution < 1.29 is 9.84 Å². The van der Waals surface area contributed by atoms with Gasteiger partial charge in [-0.05, 0) is 44.9 Å². The van der Waals surface area contributed by atoms with Gasteiger partial charge in [-0.15, -0.1) is 0 Å². The molecule has 1 aliphatic carbocycles. The minimum Gasteiger partial charge on any atom is -0.492 e. The van der Waals surface area contributed by atoms with Gasteiger partial charge in [0.2, 0.25) is 0 Å². The zero-order chi connectivity index (χ0) is 20.9. The summed E-state index contributed by atoms with van der Waals surface area (Å²) >= 11 is 0. The monoisotopic (exact) mass is 386 g/mol. The largest absolute Gasteiger partial charge is 0.492 e. The first kappa shape index (κ1) is 23.6. The van der Waals surface area contributed by atoms with Crippen molar-refractivity contribution >= 4 is 17.1 Å². The number of unbranched alkanes of at least 4 members (excludes halogenated alkanes) is 1. The van der Waals surface area contributed by atoms with Gasteiger partial charge in [0.1, 0.15) is 5.76 Å². The van der Waals surface area contributed by atoms with Gasteiger partial charge in [0, 0.05) is 37.5 Å². The van der Waals surface area contributed by atoms with Crippen molar-refractivity contribution in [1.29, 1.82) is 10.8 Å². The van der Waals surface area contributed by atoms with Crippen LogP contribution in [0.1, 0.15) is 47.0 Å². The predicted octanol–water partition coefficient (Wildman–Crippen LogP) is 4.25. The molecule has 0 spiro atoms. The lowest BCUT2D eigenvalue weighted by Gasteiger charge is -2.23. The molecule has 6 nitrogen and oxygen atoms in total. The summed E-state index contributed by atoms with van der Waals surface area (Å²) in [5, 5.41) is 25.4. The zero-order valence-electron chi connectivity index (χ0n) is 17.6. The van der Waals surface area contributed by atoms with Crippen molar-refractivity contribution in [2.75, 3.05) is 26.3 Å². The summed E-state index contributed by atoms with van der Waals surface area (Å²) in [5.41, 5.74) is 3.13. The Labute approximate surface area is 169 Å². The number of rotatable bonds is 11. The van der Waals surface area contributed by atoms with Gasteiger partial charge in [-0.1, -0.05) is 19.4 Å². The number of nitrogens with zero attached hydrogens (tertiary/aromatic N) is 2. The third kappa shape index (κ3) is 7.64. The molecule has 0 radical (unpaired) electrons. The lowest BCUT2D eigenvalue weighted by atomic mass is 10.00. The highest BCUT2D eigenvalue weighted by Gasteiger charge is 2.20. The maximum absolute atomic E-state index is 9.26. The average Bonchev–Trinajstić information content (AvgIpc) is 2.66. The van der Waals surface area contributed by atoms with Crippen molar-refractivity contribution in [3.63, 3.8) is 0 Å². The lowest BCUT2D eigenvalue weighted by Crippen LogP contribution is -2.25. The van der Waals surface area contributed by atoms with Gasteiger partial charge in [-0.25, -0.2) is 0 Å². The Morgan fingerprint density at radius 2 is 2.07 bits per heavy atom. The molecule has 3 N–H and O–H groups in total.